The van der Waals surface area contributed by atoms with Gasteiger partial charge in [-0.05, 0) is 24.3 Å². The van der Waals surface area contributed by atoms with Crippen molar-refractivity contribution in [3.63, 3.8) is 0 Å². The molecule has 0 aliphatic heterocycles. The molecule has 78 valence electrons. The first kappa shape index (κ1) is 12.8. The Morgan fingerprint density at radius 1 is 1.06 bits per heavy atom. The predicted octanol–water partition coefficient (Wildman–Crippen LogP) is 2.92. The number of alkyl halides is 1. The minimum Gasteiger partial charge on any atom is -0.507 e. The van der Waals surface area contributed by atoms with Crippen LogP contribution in [0.5, 0.6) is 5.75 Å². The van der Waals surface area contributed by atoms with Gasteiger partial charge in [0, 0.05) is 25.0 Å². The normalized spacial score (nSPS) is 9.56. The molecular formula is C12H10FNOZn. The van der Waals surface area contributed by atoms with Crippen molar-refractivity contribution in [2.24, 2.45) is 0 Å². The van der Waals surface area contributed by atoms with Crippen molar-refractivity contribution in [1.82, 2.24) is 4.98 Å². The summed E-state index contributed by atoms with van der Waals surface area (Å²) in [6, 6.07) is 12.0. The first-order chi connectivity index (χ1) is 7.31. The number of halogens is 1. The van der Waals surface area contributed by atoms with Crippen molar-refractivity contribution in [3.05, 3.63) is 48.2 Å². The van der Waals surface area contributed by atoms with Gasteiger partial charge >= 0.3 is 0 Å². The van der Waals surface area contributed by atoms with Crippen molar-refractivity contribution in [3.8, 4) is 17.0 Å². The Kier molecular flexibility index (Phi) is 4.57. The number of benzene rings is 1. The Morgan fingerprint density at radius 3 is 2.50 bits per heavy atom. The molecule has 1 aromatic heterocycles. The summed E-state index contributed by atoms with van der Waals surface area (Å²) in [7, 11) is 0. The molecule has 0 aliphatic carbocycles. The summed E-state index contributed by atoms with van der Waals surface area (Å²) in [5, 5.41) is 9.59. The van der Waals surface area contributed by atoms with Crippen molar-refractivity contribution in [1.29, 1.82) is 0 Å². The van der Waals surface area contributed by atoms with Gasteiger partial charge in [-0.3, -0.25) is 0 Å². The number of phenols is 1. The van der Waals surface area contributed by atoms with Crippen LogP contribution in [-0.4, -0.2) is 10.1 Å². The van der Waals surface area contributed by atoms with Gasteiger partial charge in [-0.2, -0.15) is 0 Å². The fraction of sp³-hybridized carbons (Fsp3) is 0.0833. The molecule has 0 radical (unpaired) electrons. The van der Waals surface area contributed by atoms with Crippen LogP contribution in [0.1, 0.15) is 5.69 Å². The van der Waals surface area contributed by atoms with Gasteiger partial charge < -0.3 is 5.11 Å². The second-order valence-corrected chi connectivity index (χ2v) is 3.16. The number of aromatic hydroxyl groups is 1. The molecule has 0 spiro atoms. The minimum atomic E-state index is -0.596. The Balaban J connectivity index is 0.00000128. The summed E-state index contributed by atoms with van der Waals surface area (Å²) in [5.41, 5.74) is 1.58. The molecule has 0 aliphatic rings. The van der Waals surface area contributed by atoms with Crippen LogP contribution in [-0.2, 0) is 26.2 Å². The molecule has 0 saturated heterocycles. The second kappa shape index (κ2) is 5.71. The Hall–Kier alpha value is -1.28. The zero-order valence-electron chi connectivity index (χ0n) is 8.73. The van der Waals surface area contributed by atoms with Gasteiger partial charge in [-0.1, -0.05) is 18.2 Å². The third-order valence-electron chi connectivity index (χ3n) is 2.12. The number of pyridine rings is 1. The van der Waals surface area contributed by atoms with Gasteiger partial charge in [0.2, 0.25) is 0 Å². The average Bonchev–Trinajstić information content (AvgIpc) is 2.30. The Labute approximate surface area is 106 Å². The Bertz CT molecular complexity index is 476. The van der Waals surface area contributed by atoms with E-state index in [0.29, 0.717) is 17.0 Å². The molecule has 2 aromatic rings. The molecule has 0 amide bonds. The van der Waals surface area contributed by atoms with E-state index in [1.54, 1.807) is 42.5 Å². The fourth-order valence-electron chi connectivity index (χ4n) is 1.39. The largest absolute Gasteiger partial charge is 0.507 e. The maximum Gasteiger partial charge on any atom is 0.131 e. The van der Waals surface area contributed by atoms with Gasteiger partial charge in [-0.25, -0.2) is 9.37 Å². The van der Waals surface area contributed by atoms with Gasteiger partial charge in [0.15, 0.2) is 0 Å². The van der Waals surface area contributed by atoms with E-state index in [1.807, 2.05) is 0 Å². The van der Waals surface area contributed by atoms with E-state index < -0.39 is 6.67 Å². The molecule has 1 aromatic carbocycles. The van der Waals surface area contributed by atoms with Crippen LogP contribution in [0.25, 0.3) is 11.3 Å². The van der Waals surface area contributed by atoms with Crippen LogP contribution in [0.4, 0.5) is 4.39 Å². The molecule has 1 N–H and O–H groups in total. The summed E-state index contributed by atoms with van der Waals surface area (Å²) in [6.45, 7) is -0.596. The SMILES string of the molecule is Oc1ccccc1-c1cccc(CF)n1.[Zn]. The number of hydrogen-bond donors (Lipinski definition) is 1. The van der Waals surface area contributed by atoms with Gasteiger partial charge in [0.25, 0.3) is 0 Å². The van der Waals surface area contributed by atoms with E-state index >= 15 is 0 Å². The monoisotopic (exact) mass is 267 g/mol. The van der Waals surface area contributed by atoms with Crippen molar-refractivity contribution in [2.45, 2.75) is 6.67 Å². The molecule has 4 heteroatoms. The molecule has 0 bridgehead atoms. The first-order valence-electron chi connectivity index (χ1n) is 4.61. The molecule has 0 fully saturated rings. The summed E-state index contributed by atoms with van der Waals surface area (Å²) in [4.78, 5) is 4.09. The van der Waals surface area contributed by atoms with Crippen molar-refractivity contribution >= 4 is 0 Å². The molecule has 2 rings (SSSR count). The van der Waals surface area contributed by atoms with Crippen LogP contribution in [0, 0.1) is 0 Å². The van der Waals surface area contributed by atoms with Crippen LogP contribution in [0.2, 0.25) is 0 Å². The average molecular weight is 269 g/mol. The predicted molar refractivity (Wildman–Crippen MR) is 56.1 cm³/mol. The smallest absolute Gasteiger partial charge is 0.131 e. The maximum atomic E-state index is 12.4. The summed E-state index contributed by atoms with van der Waals surface area (Å²) in [6.07, 6.45) is 0. The van der Waals surface area contributed by atoms with Crippen LogP contribution in [0.3, 0.4) is 0 Å². The number of phenolic OH excluding ortho intramolecular Hbond substituents is 1. The maximum absolute atomic E-state index is 12.4. The van der Waals surface area contributed by atoms with Gasteiger partial charge in [0.1, 0.15) is 12.4 Å². The van der Waals surface area contributed by atoms with Gasteiger partial charge in [-0.15, -0.1) is 0 Å². The topological polar surface area (TPSA) is 33.1 Å². The minimum absolute atomic E-state index is 0. The first-order valence-corrected chi connectivity index (χ1v) is 4.61. The molecule has 1 heterocycles. The van der Waals surface area contributed by atoms with E-state index in [4.69, 9.17) is 0 Å². The number of rotatable bonds is 2. The number of hydrogen-bond acceptors (Lipinski definition) is 2. The van der Waals surface area contributed by atoms with E-state index in [1.165, 1.54) is 0 Å². The summed E-state index contributed by atoms with van der Waals surface area (Å²) >= 11 is 0. The third kappa shape index (κ3) is 2.64. The molecule has 0 atom stereocenters. The zero-order valence-corrected chi connectivity index (χ0v) is 11.7. The summed E-state index contributed by atoms with van der Waals surface area (Å²) < 4.78 is 12.4. The number of aromatic nitrogens is 1. The van der Waals surface area contributed by atoms with E-state index in [0.717, 1.165) is 0 Å². The zero-order chi connectivity index (χ0) is 10.7. The summed E-state index contributed by atoms with van der Waals surface area (Å²) in [5.74, 6) is 0.154. The van der Waals surface area contributed by atoms with Gasteiger partial charge in [0.05, 0.1) is 11.4 Å². The second-order valence-electron chi connectivity index (χ2n) is 3.16. The van der Waals surface area contributed by atoms with Crippen LogP contribution < -0.4 is 0 Å². The van der Waals surface area contributed by atoms with Crippen molar-refractivity contribution in [2.75, 3.05) is 0 Å². The van der Waals surface area contributed by atoms with E-state index in [-0.39, 0.29) is 25.2 Å². The van der Waals surface area contributed by atoms with E-state index in [9.17, 15) is 9.50 Å². The fourth-order valence-corrected chi connectivity index (χ4v) is 1.39. The molecule has 2 nitrogen and oxygen atoms in total. The van der Waals surface area contributed by atoms with Crippen LogP contribution in [0.15, 0.2) is 42.5 Å². The number of para-hydroxylation sites is 1. The van der Waals surface area contributed by atoms with E-state index in [2.05, 4.69) is 4.98 Å². The molecule has 0 saturated carbocycles. The van der Waals surface area contributed by atoms with Crippen molar-refractivity contribution < 1.29 is 29.0 Å². The molecule has 0 unspecified atom stereocenters. The molecule has 16 heavy (non-hydrogen) atoms. The third-order valence-corrected chi connectivity index (χ3v) is 2.12. The van der Waals surface area contributed by atoms with Crippen LogP contribution >= 0.6 is 0 Å². The Morgan fingerprint density at radius 2 is 1.81 bits per heavy atom. The quantitative estimate of drug-likeness (QED) is 0.850. The molecular weight excluding hydrogens is 259 g/mol. The standard InChI is InChI=1S/C12H10FNO.Zn/c13-8-9-4-3-6-11(14-9)10-5-1-2-7-12(10)15;/h1-7,15H,8H2;. The number of nitrogens with zero attached hydrogens (tertiary/aromatic N) is 1.